The number of hydrogen-bond donors (Lipinski definition) is 0. The minimum absolute atomic E-state index is 0. The fourth-order valence-corrected chi connectivity index (χ4v) is 0.122. The summed E-state index contributed by atoms with van der Waals surface area (Å²) >= 11 is 0. The van der Waals surface area contributed by atoms with E-state index in [1.54, 1.807) is 0 Å². The molecule has 0 rings (SSSR count). The van der Waals surface area contributed by atoms with Crippen molar-refractivity contribution in [2.45, 2.75) is 0 Å². The van der Waals surface area contributed by atoms with Crippen LogP contribution in [0, 0.1) is 0 Å². The van der Waals surface area contributed by atoms with Crippen molar-refractivity contribution in [3.8, 4) is 0 Å². The van der Waals surface area contributed by atoms with E-state index in [1.165, 1.54) is 14.2 Å². The first-order valence-corrected chi connectivity index (χ1v) is 1.46. The molecule has 5 heteroatoms. The SMILES string of the molecule is CO[N-]N(C)[NH-].[Mn+2]. The minimum atomic E-state index is 0. The molecule has 0 atom stereocenters. The molecule has 0 aromatic rings. The molecule has 0 aromatic carbocycles. The zero-order chi connectivity index (χ0) is 4.99. The van der Waals surface area contributed by atoms with Crippen LogP contribution in [0.3, 0.4) is 0 Å². The van der Waals surface area contributed by atoms with Crippen molar-refractivity contribution >= 4 is 0 Å². The van der Waals surface area contributed by atoms with E-state index in [-0.39, 0.29) is 17.1 Å². The molecule has 1 radical (unpaired) electrons. The Balaban J connectivity index is 0. The van der Waals surface area contributed by atoms with Gasteiger partial charge in [-0.2, -0.15) is 0 Å². The van der Waals surface area contributed by atoms with Crippen molar-refractivity contribution < 1.29 is 21.9 Å². The van der Waals surface area contributed by atoms with Gasteiger partial charge < -0.3 is 21.4 Å². The van der Waals surface area contributed by atoms with Crippen LogP contribution >= 0.6 is 0 Å². The molecule has 7 heavy (non-hydrogen) atoms. The summed E-state index contributed by atoms with van der Waals surface area (Å²) in [6.45, 7) is 0. The van der Waals surface area contributed by atoms with Crippen LogP contribution in [0.1, 0.15) is 0 Å². The van der Waals surface area contributed by atoms with Gasteiger partial charge in [-0.25, -0.2) is 0 Å². The predicted molar refractivity (Wildman–Crippen MR) is 22.5 cm³/mol. The summed E-state index contributed by atoms with van der Waals surface area (Å²) < 4.78 is 0. The largest absolute Gasteiger partial charge is 2.00 e. The molecule has 0 spiro atoms. The third kappa shape index (κ3) is 10.7. The smallest absolute Gasteiger partial charge is 0.628 e. The van der Waals surface area contributed by atoms with Crippen LogP contribution < -0.4 is 0 Å². The molecule has 0 aliphatic rings. The molecule has 1 N–H and O–H groups in total. The molecule has 0 saturated carbocycles. The summed E-state index contributed by atoms with van der Waals surface area (Å²) in [5, 5.41) is 0.833. The van der Waals surface area contributed by atoms with E-state index in [1.807, 2.05) is 0 Å². The Morgan fingerprint density at radius 2 is 2.14 bits per heavy atom. The van der Waals surface area contributed by atoms with Crippen molar-refractivity contribution in [3.05, 3.63) is 11.4 Å². The molecular formula is C2H7MnN3O. The molecule has 0 saturated heterocycles. The van der Waals surface area contributed by atoms with Crippen molar-refractivity contribution in [3.63, 3.8) is 0 Å². The van der Waals surface area contributed by atoms with Crippen LogP contribution in [0.5, 0.6) is 0 Å². The Bertz CT molecular complexity index is 34.1. The number of rotatable bonds is 2. The second-order valence-electron chi connectivity index (χ2n) is 0.788. The van der Waals surface area contributed by atoms with E-state index in [0.717, 1.165) is 5.12 Å². The normalized spacial score (nSPS) is 8.57. The molecular weight excluding hydrogens is 137 g/mol. The molecule has 0 heterocycles. The average Bonchev–Trinajstić information content (AvgIpc) is 1.35. The van der Waals surface area contributed by atoms with E-state index in [0.29, 0.717) is 0 Å². The standard InChI is InChI=1S/C2H7N3O.Mn/c1-5(3)4-6-2;/h3H,1-2H3;/q-2;+2. The monoisotopic (exact) mass is 144 g/mol. The summed E-state index contributed by atoms with van der Waals surface area (Å²) in [5.74, 6) is 6.52. The zero-order valence-corrected chi connectivity index (χ0v) is 5.36. The average molecular weight is 144 g/mol. The van der Waals surface area contributed by atoms with Crippen LogP contribution in [0.15, 0.2) is 0 Å². The molecule has 0 aliphatic carbocycles. The summed E-state index contributed by atoms with van der Waals surface area (Å²) in [6, 6.07) is 0. The fourth-order valence-electron chi connectivity index (χ4n) is 0.122. The number of hydrogen-bond acceptors (Lipinski definition) is 2. The van der Waals surface area contributed by atoms with Crippen molar-refractivity contribution in [2.24, 2.45) is 0 Å². The van der Waals surface area contributed by atoms with Gasteiger partial charge in [0, 0.05) is 7.11 Å². The quantitative estimate of drug-likeness (QED) is 0.423. The third-order valence-electron chi connectivity index (χ3n) is 0.204. The van der Waals surface area contributed by atoms with Gasteiger partial charge in [-0.1, -0.05) is 0 Å². The van der Waals surface area contributed by atoms with Crippen molar-refractivity contribution in [1.82, 2.24) is 5.12 Å². The van der Waals surface area contributed by atoms with Gasteiger partial charge in [-0.15, -0.1) is 0 Å². The fraction of sp³-hybridized carbons (Fsp3) is 1.00. The summed E-state index contributed by atoms with van der Waals surface area (Å²) in [7, 11) is 2.86. The minimum Gasteiger partial charge on any atom is -0.628 e. The van der Waals surface area contributed by atoms with Gasteiger partial charge in [-0.3, -0.25) is 0 Å². The predicted octanol–water partition coefficient (Wildman–Crippen LogP) is 0.733. The van der Waals surface area contributed by atoms with Crippen LogP contribution in [-0.2, 0) is 21.9 Å². The second kappa shape index (κ2) is 6.36. The topological polar surface area (TPSA) is 50.4 Å². The van der Waals surface area contributed by atoms with Gasteiger partial charge in [0.25, 0.3) is 0 Å². The maximum absolute atomic E-state index is 6.52. The Hall–Kier alpha value is 0.359. The summed E-state index contributed by atoms with van der Waals surface area (Å²) in [6.07, 6.45) is 0. The van der Waals surface area contributed by atoms with E-state index in [2.05, 4.69) is 10.4 Å². The molecule has 0 fully saturated rings. The first kappa shape index (κ1) is 10.4. The molecule has 0 aliphatic heterocycles. The maximum Gasteiger partial charge on any atom is 2.00 e. The van der Waals surface area contributed by atoms with Crippen LogP contribution in [0.4, 0.5) is 0 Å². The van der Waals surface area contributed by atoms with Gasteiger partial charge in [0.1, 0.15) is 0 Å². The van der Waals surface area contributed by atoms with Crippen molar-refractivity contribution in [2.75, 3.05) is 14.2 Å². The summed E-state index contributed by atoms with van der Waals surface area (Å²) in [5.41, 5.74) is 3.12. The van der Waals surface area contributed by atoms with Crippen LogP contribution in [0.2, 0.25) is 0 Å². The zero-order valence-electron chi connectivity index (χ0n) is 4.18. The Kier molecular flexibility index (Phi) is 9.41. The molecule has 0 amide bonds. The van der Waals surface area contributed by atoms with Crippen molar-refractivity contribution in [1.29, 1.82) is 0 Å². The summed E-state index contributed by atoms with van der Waals surface area (Å²) in [4.78, 5) is 4.17. The number of nitrogens with one attached hydrogen (secondary N) is 1. The molecule has 0 aromatic heterocycles. The van der Waals surface area contributed by atoms with Gasteiger partial charge in [-0.05, 0) is 7.05 Å². The van der Waals surface area contributed by atoms with Gasteiger partial charge in [0.05, 0.1) is 0 Å². The van der Waals surface area contributed by atoms with Gasteiger partial charge >= 0.3 is 17.1 Å². The second-order valence-corrected chi connectivity index (χ2v) is 0.788. The Labute approximate surface area is 53.4 Å². The molecule has 43 valence electrons. The molecule has 4 nitrogen and oxygen atoms in total. The van der Waals surface area contributed by atoms with Gasteiger partial charge in [0.2, 0.25) is 0 Å². The van der Waals surface area contributed by atoms with E-state index in [9.17, 15) is 0 Å². The van der Waals surface area contributed by atoms with Gasteiger partial charge in [0.15, 0.2) is 0 Å². The Morgan fingerprint density at radius 3 is 2.14 bits per heavy atom. The molecule has 0 bridgehead atoms. The molecule has 0 unspecified atom stereocenters. The van der Waals surface area contributed by atoms with Crippen LogP contribution in [-0.4, -0.2) is 19.3 Å². The first-order chi connectivity index (χ1) is 2.77. The van der Waals surface area contributed by atoms with Crippen LogP contribution in [0.25, 0.3) is 11.4 Å². The van der Waals surface area contributed by atoms with E-state index < -0.39 is 0 Å². The number of nitrogens with zero attached hydrogens (tertiary/aromatic N) is 2. The Morgan fingerprint density at radius 1 is 1.71 bits per heavy atom. The maximum atomic E-state index is 6.52. The van der Waals surface area contributed by atoms with E-state index >= 15 is 0 Å². The first-order valence-electron chi connectivity index (χ1n) is 1.46. The van der Waals surface area contributed by atoms with E-state index in [4.69, 9.17) is 5.84 Å². The third-order valence-corrected chi connectivity index (χ3v) is 0.204.